The second kappa shape index (κ2) is 7.78. The summed E-state index contributed by atoms with van der Waals surface area (Å²) in [7, 11) is 1.61. The number of halogens is 1. The minimum atomic E-state index is -0.151. The molecule has 0 fully saturated rings. The van der Waals surface area contributed by atoms with Gasteiger partial charge in [-0.25, -0.2) is 5.43 Å². The second-order valence-corrected chi connectivity index (χ2v) is 5.50. The van der Waals surface area contributed by atoms with Crippen molar-refractivity contribution in [3.05, 3.63) is 63.2 Å². The van der Waals surface area contributed by atoms with Crippen LogP contribution in [0, 0.1) is 3.57 Å². The molecule has 5 heteroatoms. The van der Waals surface area contributed by atoms with Crippen LogP contribution in [0.1, 0.15) is 11.1 Å². The summed E-state index contributed by atoms with van der Waals surface area (Å²) in [4.78, 5) is 11.8. The average molecular weight is 394 g/mol. The normalized spacial score (nSPS) is 10.6. The fourth-order valence-electron chi connectivity index (χ4n) is 1.72. The number of carbonyl (C=O) groups is 1. The molecule has 1 amide bonds. The molecule has 2 rings (SSSR count). The zero-order chi connectivity index (χ0) is 15.1. The summed E-state index contributed by atoms with van der Waals surface area (Å²) in [5, 5.41) is 3.98. The van der Waals surface area contributed by atoms with Gasteiger partial charge in [-0.3, -0.25) is 4.79 Å². The molecule has 0 unspecified atom stereocenters. The van der Waals surface area contributed by atoms with Crippen molar-refractivity contribution in [3.8, 4) is 5.75 Å². The van der Waals surface area contributed by atoms with Crippen LogP contribution < -0.4 is 10.2 Å². The Morgan fingerprint density at radius 1 is 1.24 bits per heavy atom. The number of nitrogens with one attached hydrogen (secondary N) is 1. The number of carbonyl (C=O) groups excluding carboxylic acids is 1. The van der Waals surface area contributed by atoms with E-state index in [0.29, 0.717) is 0 Å². The van der Waals surface area contributed by atoms with Gasteiger partial charge in [-0.1, -0.05) is 30.3 Å². The molecular formula is C16H15IN2O2. The molecule has 2 aromatic rings. The van der Waals surface area contributed by atoms with Crippen molar-refractivity contribution in [1.29, 1.82) is 0 Å². The lowest BCUT2D eigenvalue weighted by molar-refractivity contribution is -0.120. The summed E-state index contributed by atoms with van der Waals surface area (Å²) in [6.07, 6.45) is 1.93. The zero-order valence-electron chi connectivity index (χ0n) is 11.5. The van der Waals surface area contributed by atoms with Crippen LogP contribution in [-0.4, -0.2) is 19.2 Å². The molecule has 0 aliphatic carbocycles. The first-order valence-electron chi connectivity index (χ1n) is 6.38. The van der Waals surface area contributed by atoms with Gasteiger partial charge in [0.15, 0.2) is 0 Å². The van der Waals surface area contributed by atoms with Crippen LogP contribution in [0.25, 0.3) is 0 Å². The Kier molecular flexibility index (Phi) is 5.74. The predicted octanol–water partition coefficient (Wildman–Crippen LogP) is 2.99. The summed E-state index contributed by atoms with van der Waals surface area (Å²) >= 11 is 2.23. The maximum atomic E-state index is 11.8. The topological polar surface area (TPSA) is 50.7 Å². The fourth-order valence-corrected chi connectivity index (χ4v) is 2.25. The lowest BCUT2D eigenvalue weighted by Gasteiger charge is -2.03. The highest BCUT2D eigenvalue weighted by Gasteiger charge is 2.02. The Morgan fingerprint density at radius 2 is 1.95 bits per heavy atom. The van der Waals surface area contributed by atoms with Crippen molar-refractivity contribution in [2.45, 2.75) is 6.42 Å². The third-order valence-corrected chi connectivity index (χ3v) is 3.80. The van der Waals surface area contributed by atoms with E-state index in [1.165, 1.54) is 0 Å². The van der Waals surface area contributed by atoms with Crippen molar-refractivity contribution in [3.63, 3.8) is 0 Å². The maximum Gasteiger partial charge on any atom is 0.244 e. The number of nitrogens with zero attached hydrogens (tertiary/aromatic N) is 1. The van der Waals surface area contributed by atoms with Crippen molar-refractivity contribution in [2.24, 2.45) is 5.10 Å². The summed E-state index contributed by atoms with van der Waals surface area (Å²) < 4.78 is 6.16. The molecule has 0 saturated heterocycles. The van der Waals surface area contributed by atoms with Gasteiger partial charge in [-0.05, 0) is 46.4 Å². The van der Waals surface area contributed by atoms with Gasteiger partial charge in [0.05, 0.1) is 19.7 Å². The molecule has 0 radical (unpaired) electrons. The lowest BCUT2D eigenvalue weighted by Crippen LogP contribution is -2.19. The predicted molar refractivity (Wildman–Crippen MR) is 91.6 cm³/mol. The van der Waals surface area contributed by atoms with Crippen LogP contribution in [0.15, 0.2) is 53.6 Å². The molecule has 21 heavy (non-hydrogen) atoms. The van der Waals surface area contributed by atoms with Crippen molar-refractivity contribution in [2.75, 3.05) is 7.11 Å². The van der Waals surface area contributed by atoms with Gasteiger partial charge in [-0.2, -0.15) is 5.10 Å². The minimum absolute atomic E-state index is 0.151. The van der Waals surface area contributed by atoms with E-state index in [-0.39, 0.29) is 12.3 Å². The molecule has 0 aromatic heterocycles. The molecule has 108 valence electrons. The number of rotatable bonds is 5. The highest BCUT2D eigenvalue weighted by molar-refractivity contribution is 14.1. The van der Waals surface area contributed by atoms with Crippen molar-refractivity contribution >= 4 is 34.7 Å². The summed E-state index contributed by atoms with van der Waals surface area (Å²) in [5.41, 5.74) is 4.42. The van der Waals surface area contributed by atoms with E-state index >= 15 is 0 Å². The fraction of sp³-hybridized carbons (Fsp3) is 0.125. The minimum Gasteiger partial charge on any atom is -0.497 e. The molecule has 0 atom stereocenters. The SMILES string of the molecule is COc1ccc(CC(=O)N/N=C\c2ccccc2I)cc1. The van der Waals surface area contributed by atoms with E-state index in [0.717, 1.165) is 20.4 Å². The number of methoxy groups -OCH3 is 1. The van der Waals surface area contributed by atoms with Gasteiger partial charge in [-0.15, -0.1) is 0 Å². The lowest BCUT2D eigenvalue weighted by atomic mass is 10.1. The van der Waals surface area contributed by atoms with Crippen LogP contribution in [0.5, 0.6) is 5.75 Å². The molecule has 0 aliphatic heterocycles. The van der Waals surface area contributed by atoms with Gasteiger partial charge in [0.1, 0.15) is 5.75 Å². The average Bonchev–Trinajstić information content (AvgIpc) is 2.50. The standard InChI is InChI=1S/C16H15IN2O2/c1-21-14-8-6-12(7-9-14)10-16(20)19-18-11-13-4-2-3-5-15(13)17/h2-9,11H,10H2,1H3,(H,19,20)/b18-11-. The first kappa shape index (κ1) is 15.5. The molecule has 0 spiro atoms. The third-order valence-electron chi connectivity index (χ3n) is 2.82. The van der Waals surface area contributed by atoms with Crippen LogP contribution >= 0.6 is 22.6 Å². The van der Waals surface area contributed by atoms with Crippen LogP contribution in [-0.2, 0) is 11.2 Å². The molecule has 0 bridgehead atoms. The third kappa shape index (κ3) is 4.86. The summed E-state index contributed by atoms with van der Waals surface area (Å²) in [6, 6.07) is 15.2. The van der Waals surface area contributed by atoms with E-state index in [1.807, 2.05) is 48.5 Å². The number of hydrazone groups is 1. The van der Waals surface area contributed by atoms with Crippen molar-refractivity contribution < 1.29 is 9.53 Å². The van der Waals surface area contributed by atoms with Gasteiger partial charge < -0.3 is 4.74 Å². The molecule has 0 aliphatic rings. The number of amides is 1. The van der Waals surface area contributed by atoms with Gasteiger partial charge in [0.2, 0.25) is 5.91 Å². The van der Waals surface area contributed by atoms with E-state index in [4.69, 9.17) is 4.74 Å². The Morgan fingerprint density at radius 3 is 2.62 bits per heavy atom. The Labute approximate surface area is 137 Å². The van der Waals surface area contributed by atoms with Gasteiger partial charge in [0, 0.05) is 9.13 Å². The number of benzene rings is 2. The van der Waals surface area contributed by atoms with Crippen LogP contribution in [0.4, 0.5) is 0 Å². The molecule has 0 saturated carbocycles. The van der Waals surface area contributed by atoms with Gasteiger partial charge in [0.25, 0.3) is 0 Å². The Balaban J connectivity index is 1.88. The number of ether oxygens (including phenoxy) is 1. The highest BCUT2D eigenvalue weighted by Crippen LogP contribution is 2.11. The smallest absolute Gasteiger partial charge is 0.244 e. The molecular weight excluding hydrogens is 379 g/mol. The van der Waals surface area contributed by atoms with Gasteiger partial charge >= 0.3 is 0 Å². The largest absolute Gasteiger partial charge is 0.497 e. The van der Waals surface area contributed by atoms with E-state index in [9.17, 15) is 4.79 Å². The van der Waals surface area contributed by atoms with E-state index < -0.39 is 0 Å². The number of hydrogen-bond acceptors (Lipinski definition) is 3. The first-order valence-corrected chi connectivity index (χ1v) is 7.46. The quantitative estimate of drug-likeness (QED) is 0.482. The first-order chi connectivity index (χ1) is 10.2. The van der Waals surface area contributed by atoms with Crippen LogP contribution in [0.3, 0.4) is 0 Å². The second-order valence-electron chi connectivity index (χ2n) is 4.34. The monoisotopic (exact) mass is 394 g/mol. The molecule has 1 N–H and O–H groups in total. The zero-order valence-corrected chi connectivity index (χ0v) is 13.7. The Hall–Kier alpha value is -1.89. The van der Waals surface area contributed by atoms with Crippen molar-refractivity contribution in [1.82, 2.24) is 5.43 Å². The molecule has 0 heterocycles. The van der Waals surface area contributed by atoms with E-state index in [2.05, 4.69) is 33.1 Å². The Bertz CT molecular complexity index is 639. The number of hydrogen-bond donors (Lipinski definition) is 1. The molecule has 2 aromatic carbocycles. The molecule has 4 nitrogen and oxygen atoms in total. The van der Waals surface area contributed by atoms with E-state index in [1.54, 1.807) is 13.3 Å². The maximum absolute atomic E-state index is 11.8. The summed E-state index contributed by atoms with van der Waals surface area (Å²) in [6.45, 7) is 0. The van der Waals surface area contributed by atoms with Crippen LogP contribution in [0.2, 0.25) is 0 Å². The highest BCUT2D eigenvalue weighted by atomic mass is 127. The summed E-state index contributed by atoms with van der Waals surface area (Å²) in [5.74, 6) is 0.623.